The molecule has 0 spiro atoms. The first-order valence-electron chi connectivity index (χ1n) is 7.25. The summed E-state index contributed by atoms with van der Waals surface area (Å²) in [7, 11) is 0. The van der Waals surface area contributed by atoms with Gasteiger partial charge in [-0.05, 0) is 11.8 Å². The summed E-state index contributed by atoms with van der Waals surface area (Å²) in [5, 5.41) is 19.7. The fraction of sp³-hybridized carbons (Fsp3) is 1.00. The molecule has 2 unspecified atom stereocenters. The van der Waals surface area contributed by atoms with Crippen LogP contribution in [-0.4, -0.2) is 22.4 Å². The van der Waals surface area contributed by atoms with E-state index < -0.39 is 12.2 Å². The maximum Gasteiger partial charge on any atom is 0.0847 e. The Labute approximate surface area is 107 Å². The lowest BCUT2D eigenvalue weighted by atomic mass is 9.84. The zero-order valence-electron chi connectivity index (χ0n) is 12.2. The maximum atomic E-state index is 9.88. The highest BCUT2D eigenvalue weighted by atomic mass is 16.3. The van der Waals surface area contributed by atoms with Crippen molar-refractivity contribution in [2.75, 3.05) is 0 Å². The van der Waals surface area contributed by atoms with Crippen LogP contribution in [0.2, 0.25) is 0 Å². The van der Waals surface area contributed by atoms with E-state index in [0.29, 0.717) is 0 Å². The second kappa shape index (κ2) is 8.93. The van der Waals surface area contributed by atoms with Gasteiger partial charge in [-0.15, -0.1) is 0 Å². The highest BCUT2D eigenvalue weighted by molar-refractivity contribution is 4.79. The zero-order chi connectivity index (χ0) is 13.3. The highest BCUT2D eigenvalue weighted by Crippen LogP contribution is 2.24. The average Bonchev–Trinajstić information content (AvgIpc) is 2.25. The van der Waals surface area contributed by atoms with E-state index in [2.05, 4.69) is 6.92 Å². The van der Waals surface area contributed by atoms with E-state index in [1.807, 2.05) is 20.8 Å². The lowest BCUT2D eigenvalue weighted by Gasteiger charge is -2.29. The molecule has 0 aromatic heterocycles. The van der Waals surface area contributed by atoms with E-state index in [0.717, 1.165) is 12.8 Å². The van der Waals surface area contributed by atoms with Crippen molar-refractivity contribution in [3.8, 4) is 0 Å². The second-order valence-corrected chi connectivity index (χ2v) is 6.29. The smallest absolute Gasteiger partial charge is 0.0847 e. The molecule has 0 aromatic rings. The van der Waals surface area contributed by atoms with Crippen LogP contribution in [0.5, 0.6) is 0 Å². The van der Waals surface area contributed by atoms with Gasteiger partial charge in [0, 0.05) is 0 Å². The second-order valence-electron chi connectivity index (χ2n) is 6.29. The van der Waals surface area contributed by atoms with Gasteiger partial charge in [0.25, 0.3) is 0 Å². The molecule has 17 heavy (non-hydrogen) atoms. The first-order valence-corrected chi connectivity index (χ1v) is 7.25. The van der Waals surface area contributed by atoms with Gasteiger partial charge >= 0.3 is 0 Å². The van der Waals surface area contributed by atoms with E-state index in [4.69, 9.17) is 0 Å². The normalized spacial score (nSPS) is 15.9. The minimum Gasteiger partial charge on any atom is -0.390 e. The van der Waals surface area contributed by atoms with Crippen LogP contribution in [-0.2, 0) is 0 Å². The molecule has 0 aliphatic carbocycles. The summed E-state index contributed by atoms with van der Waals surface area (Å²) in [4.78, 5) is 0. The molecule has 0 rings (SSSR count). The fourth-order valence-corrected chi connectivity index (χ4v) is 2.05. The highest BCUT2D eigenvalue weighted by Gasteiger charge is 2.28. The maximum absolute atomic E-state index is 9.88. The van der Waals surface area contributed by atoms with Crippen LogP contribution >= 0.6 is 0 Å². The molecule has 0 amide bonds. The Hall–Kier alpha value is -0.0800. The van der Waals surface area contributed by atoms with E-state index in [9.17, 15) is 10.2 Å². The number of aliphatic hydroxyl groups excluding tert-OH is 2. The van der Waals surface area contributed by atoms with Crippen molar-refractivity contribution >= 4 is 0 Å². The van der Waals surface area contributed by atoms with Crippen LogP contribution in [0, 0.1) is 5.41 Å². The zero-order valence-corrected chi connectivity index (χ0v) is 12.2. The van der Waals surface area contributed by atoms with E-state index in [-0.39, 0.29) is 5.41 Å². The summed E-state index contributed by atoms with van der Waals surface area (Å²) in [6.07, 6.45) is 8.30. The Morgan fingerprint density at radius 2 is 1.29 bits per heavy atom. The lowest BCUT2D eigenvalue weighted by molar-refractivity contribution is -0.0481. The van der Waals surface area contributed by atoms with E-state index in [1.54, 1.807) is 0 Å². The third kappa shape index (κ3) is 8.62. The van der Waals surface area contributed by atoms with Crippen LogP contribution in [0.4, 0.5) is 0 Å². The van der Waals surface area contributed by atoms with Crippen LogP contribution in [0.15, 0.2) is 0 Å². The summed E-state index contributed by atoms with van der Waals surface area (Å²) in [6, 6.07) is 0. The largest absolute Gasteiger partial charge is 0.390 e. The molecule has 0 aromatic carbocycles. The predicted octanol–water partition coefficient (Wildman–Crippen LogP) is 3.90. The lowest BCUT2D eigenvalue weighted by Crippen LogP contribution is -2.37. The van der Waals surface area contributed by atoms with Crippen molar-refractivity contribution in [1.29, 1.82) is 0 Å². The number of rotatable bonds is 9. The van der Waals surface area contributed by atoms with Crippen molar-refractivity contribution in [2.24, 2.45) is 5.41 Å². The van der Waals surface area contributed by atoms with Gasteiger partial charge in [-0.2, -0.15) is 0 Å². The van der Waals surface area contributed by atoms with Gasteiger partial charge in [-0.1, -0.05) is 72.6 Å². The minimum atomic E-state index is -0.609. The summed E-state index contributed by atoms with van der Waals surface area (Å²) in [6.45, 7) is 8.12. The molecule has 0 saturated carbocycles. The Balaban J connectivity index is 3.48. The Morgan fingerprint density at radius 3 is 1.76 bits per heavy atom. The van der Waals surface area contributed by atoms with Gasteiger partial charge in [0.05, 0.1) is 12.2 Å². The van der Waals surface area contributed by atoms with Crippen molar-refractivity contribution in [1.82, 2.24) is 0 Å². The molecule has 0 aliphatic heterocycles. The molecule has 0 heterocycles. The Kier molecular flexibility index (Phi) is 8.89. The van der Waals surface area contributed by atoms with Crippen molar-refractivity contribution < 1.29 is 10.2 Å². The molecule has 104 valence electrons. The summed E-state index contributed by atoms with van der Waals surface area (Å²) >= 11 is 0. The number of hydrogen-bond donors (Lipinski definition) is 2. The topological polar surface area (TPSA) is 40.5 Å². The SMILES string of the molecule is CCCCCCCCCC(O)C(O)C(C)(C)C. The van der Waals surface area contributed by atoms with Crippen molar-refractivity contribution in [3.63, 3.8) is 0 Å². The molecule has 2 N–H and O–H groups in total. The van der Waals surface area contributed by atoms with Gasteiger partial charge < -0.3 is 10.2 Å². The summed E-state index contributed by atoms with van der Waals surface area (Å²) in [5.41, 5.74) is -0.222. The molecule has 0 aliphatic rings. The predicted molar refractivity (Wildman–Crippen MR) is 74.1 cm³/mol. The molecule has 2 atom stereocenters. The summed E-state index contributed by atoms with van der Waals surface area (Å²) < 4.78 is 0. The van der Waals surface area contributed by atoms with Crippen molar-refractivity contribution in [2.45, 2.75) is 91.3 Å². The van der Waals surface area contributed by atoms with E-state index >= 15 is 0 Å². The Morgan fingerprint density at radius 1 is 0.824 bits per heavy atom. The number of unbranched alkanes of at least 4 members (excludes halogenated alkanes) is 6. The van der Waals surface area contributed by atoms with Gasteiger partial charge in [0.1, 0.15) is 0 Å². The first-order chi connectivity index (χ1) is 7.89. The Bertz CT molecular complexity index is 172. The molecular formula is C15H32O2. The van der Waals surface area contributed by atoms with Crippen molar-refractivity contribution in [3.05, 3.63) is 0 Å². The van der Waals surface area contributed by atoms with Crippen LogP contribution in [0.25, 0.3) is 0 Å². The monoisotopic (exact) mass is 244 g/mol. The van der Waals surface area contributed by atoms with Crippen LogP contribution in [0.1, 0.15) is 79.1 Å². The molecule has 0 bridgehead atoms. The van der Waals surface area contributed by atoms with Crippen LogP contribution in [0.3, 0.4) is 0 Å². The molecule has 2 nitrogen and oxygen atoms in total. The molecule has 0 saturated heterocycles. The fourth-order valence-electron chi connectivity index (χ4n) is 2.05. The third-order valence-corrected chi connectivity index (χ3v) is 3.36. The molecular weight excluding hydrogens is 212 g/mol. The molecule has 0 radical (unpaired) electrons. The van der Waals surface area contributed by atoms with Crippen LogP contribution < -0.4 is 0 Å². The summed E-state index contributed by atoms with van der Waals surface area (Å²) in [5.74, 6) is 0. The number of hydrogen-bond acceptors (Lipinski definition) is 2. The van der Waals surface area contributed by atoms with Gasteiger partial charge in [-0.3, -0.25) is 0 Å². The third-order valence-electron chi connectivity index (χ3n) is 3.36. The minimum absolute atomic E-state index is 0.222. The standard InChI is InChI=1S/C15H32O2/c1-5-6-7-8-9-10-11-12-13(16)14(17)15(2,3)4/h13-14,16-17H,5-12H2,1-4H3. The van der Waals surface area contributed by atoms with Gasteiger partial charge in [0.2, 0.25) is 0 Å². The average molecular weight is 244 g/mol. The van der Waals surface area contributed by atoms with Gasteiger partial charge in [0.15, 0.2) is 0 Å². The quantitative estimate of drug-likeness (QED) is 0.604. The molecule has 0 fully saturated rings. The van der Waals surface area contributed by atoms with Gasteiger partial charge in [-0.25, -0.2) is 0 Å². The first kappa shape index (κ1) is 16.9. The number of aliphatic hydroxyl groups is 2. The molecule has 2 heteroatoms. The van der Waals surface area contributed by atoms with E-state index in [1.165, 1.54) is 38.5 Å².